The highest BCUT2D eigenvalue weighted by atomic mass is 16.3. The van der Waals surface area contributed by atoms with E-state index in [1.165, 1.54) is 0 Å². The SMILES string of the molecule is CC(C)CC(CCO)CNC(=O)NCc1cccc2cccnc12. The van der Waals surface area contributed by atoms with E-state index in [0.717, 1.165) is 22.9 Å². The highest BCUT2D eigenvalue weighted by Crippen LogP contribution is 2.16. The number of para-hydroxylation sites is 1. The van der Waals surface area contributed by atoms with Gasteiger partial charge >= 0.3 is 6.03 Å². The van der Waals surface area contributed by atoms with E-state index in [9.17, 15) is 4.79 Å². The smallest absolute Gasteiger partial charge is 0.315 e. The van der Waals surface area contributed by atoms with Crippen LogP contribution in [0, 0.1) is 11.8 Å². The van der Waals surface area contributed by atoms with Gasteiger partial charge in [0.15, 0.2) is 0 Å². The molecule has 3 N–H and O–H groups in total. The topological polar surface area (TPSA) is 74.2 Å². The summed E-state index contributed by atoms with van der Waals surface area (Å²) >= 11 is 0. The second-order valence-electron chi connectivity index (χ2n) is 6.56. The summed E-state index contributed by atoms with van der Waals surface area (Å²) in [4.78, 5) is 16.4. The van der Waals surface area contributed by atoms with Crippen LogP contribution >= 0.6 is 0 Å². The van der Waals surface area contributed by atoms with E-state index < -0.39 is 0 Å². The van der Waals surface area contributed by atoms with Crippen molar-refractivity contribution >= 4 is 16.9 Å². The number of benzene rings is 1. The highest BCUT2D eigenvalue weighted by molar-refractivity contribution is 5.82. The number of aliphatic hydroxyl groups is 1. The molecule has 0 fully saturated rings. The molecule has 5 heteroatoms. The number of fused-ring (bicyclic) bond motifs is 1. The second-order valence-corrected chi connectivity index (χ2v) is 6.56. The molecule has 2 amide bonds. The highest BCUT2D eigenvalue weighted by Gasteiger charge is 2.12. The third-order valence-corrected chi connectivity index (χ3v) is 4.05. The number of nitrogens with zero attached hydrogens (tertiary/aromatic N) is 1. The van der Waals surface area contributed by atoms with Gasteiger partial charge in [-0.15, -0.1) is 0 Å². The number of amides is 2. The predicted molar refractivity (Wildman–Crippen MR) is 96.6 cm³/mol. The molecule has 2 rings (SSSR count). The molecule has 0 spiro atoms. The van der Waals surface area contributed by atoms with Crippen molar-refractivity contribution in [2.24, 2.45) is 11.8 Å². The molecule has 1 heterocycles. The molecule has 24 heavy (non-hydrogen) atoms. The Hall–Kier alpha value is -2.14. The fraction of sp³-hybridized carbons (Fsp3) is 0.474. The van der Waals surface area contributed by atoms with Crippen LogP contribution in [0.2, 0.25) is 0 Å². The Kier molecular flexibility index (Phi) is 7.00. The van der Waals surface area contributed by atoms with Crippen molar-refractivity contribution < 1.29 is 9.90 Å². The van der Waals surface area contributed by atoms with Gasteiger partial charge in [0, 0.05) is 31.3 Å². The Balaban J connectivity index is 1.86. The molecule has 0 bridgehead atoms. The summed E-state index contributed by atoms with van der Waals surface area (Å²) in [5.41, 5.74) is 1.91. The maximum absolute atomic E-state index is 12.0. The Morgan fingerprint density at radius 3 is 2.75 bits per heavy atom. The van der Waals surface area contributed by atoms with E-state index in [4.69, 9.17) is 5.11 Å². The lowest BCUT2D eigenvalue weighted by molar-refractivity contribution is 0.225. The summed E-state index contributed by atoms with van der Waals surface area (Å²) in [5.74, 6) is 0.855. The van der Waals surface area contributed by atoms with E-state index in [-0.39, 0.29) is 12.6 Å². The first-order valence-corrected chi connectivity index (χ1v) is 8.55. The van der Waals surface area contributed by atoms with E-state index in [1.807, 2.05) is 30.3 Å². The third kappa shape index (κ3) is 5.49. The Morgan fingerprint density at radius 2 is 2.00 bits per heavy atom. The van der Waals surface area contributed by atoms with Crippen LogP contribution < -0.4 is 10.6 Å². The van der Waals surface area contributed by atoms with Gasteiger partial charge in [0.05, 0.1) is 5.52 Å². The van der Waals surface area contributed by atoms with Gasteiger partial charge in [-0.1, -0.05) is 38.1 Å². The Morgan fingerprint density at radius 1 is 1.21 bits per heavy atom. The van der Waals surface area contributed by atoms with E-state index >= 15 is 0 Å². The first-order chi connectivity index (χ1) is 11.6. The number of pyridine rings is 1. The van der Waals surface area contributed by atoms with Crippen molar-refractivity contribution in [3.05, 3.63) is 42.1 Å². The van der Waals surface area contributed by atoms with Gasteiger partial charge in [-0.05, 0) is 36.3 Å². The first-order valence-electron chi connectivity index (χ1n) is 8.55. The van der Waals surface area contributed by atoms with Crippen molar-refractivity contribution in [1.82, 2.24) is 15.6 Å². The molecule has 5 nitrogen and oxygen atoms in total. The predicted octanol–water partition coefficient (Wildman–Crippen LogP) is 3.08. The number of hydrogen-bond acceptors (Lipinski definition) is 3. The maximum atomic E-state index is 12.0. The van der Waals surface area contributed by atoms with Gasteiger partial charge < -0.3 is 15.7 Å². The van der Waals surface area contributed by atoms with Crippen LogP contribution in [0.4, 0.5) is 4.79 Å². The summed E-state index contributed by atoms with van der Waals surface area (Å²) < 4.78 is 0. The molecule has 0 radical (unpaired) electrons. The number of urea groups is 1. The third-order valence-electron chi connectivity index (χ3n) is 4.05. The summed E-state index contributed by atoms with van der Waals surface area (Å²) in [6.45, 7) is 5.48. The first kappa shape index (κ1) is 18.2. The zero-order valence-corrected chi connectivity index (χ0v) is 14.5. The van der Waals surface area contributed by atoms with E-state index in [2.05, 4.69) is 29.5 Å². The van der Waals surface area contributed by atoms with Crippen molar-refractivity contribution in [1.29, 1.82) is 0 Å². The Labute approximate surface area is 143 Å². The number of carbonyl (C=O) groups excluding carboxylic acids is 1. The van der Waals surface area contributed by atoms with Crippen LogP contribution in [0.3, 0.4) is 0 Å². The van der Waals surface area contributed by atoms with Gasteiger partial charge in [0.25, 0.3) is 0 Å². The number of aromatic nitrogens is 1. The average Bonchev–Trinajstić information content (AvgIpc) is 2.57. The monoisotopic (exact) mass is 329 g/mol. The van der Waals surface area contributed by atoms with Gasteiger partial charge in [-0.2, -0.15) is 0 Å². The van der Waals surface area contributed by atoms with Crippen LogP contribution in [0.5, 0.6) is 0 Å². The molecular formula is C19H27N3O2. The number of carbonyl (C=O) groups is 1. The van der Waals surface area contributed by atoms with Crippen LogP contribution in [-0.2, 0) is 6.54 Å². The number of rotatable bonds is 8. The largest absolute Gasteiger partial charge is 0.396 e. The summed E-state index contributed by atoms with van der Waals surface area (Å²) in [5, 5.41) is 16.0. The quantitative estimate of drug-likeness (QED) is 0.697. The zero-order valence-electron chi connectivity index (χ0n) is 14.5. The minimum Gasteiger partial charge on any atom is -0.396 e. The molecule has 1 unspecified atom stereocenters. The molecule has 130 valence electrons. The van der Waals surface area contributed by atoms with Gasteiger partial charge in [-0.25, -0.2) is 4.79 Å². The molecule has 1 aromatic heterocycles. The molecule has 0 saturated carbocycles. The fourth-order valence-electron chi connectivity index (χ4n) is 2.94. The van der Waals surface area contributed by atoms with Crippen molar-refractivity contribution in [2.45, 2.75) is 33.2 Å². The number of aliphatic hydroxyl groups excluding tert-OH is 1. The van der Waals surface area contributed by atoms with Crippen molar-refractivity contribution in [3.63, 3.8) is 0 Å². The zero-order chi connectivity index (χ0) is 17.4. The van der Waals surface area contributed by atoms with Gasteiger partial charge in [-0.3, -0.25) is 4.98 Å². The molecule has 0 aliphatic rings. The van der Waals surface area contributed by atoms with E-state index in [1.54, 1.807) is 6.20 Å². The molecule has 0 aliphatic carbocycles. The second kappa shape index (κ2) is 9.23. The molecule has 0 aliphatic heterocycles. The number of nitrogens with one attached hydrogen (secondary N) is 2. The molecule has 1 aromatic carbocycles. The summed E-state index contributed by atoms with van der Waals surface area (Å²) in [7, 11) is 0. The van der Waals surface area contributed by atoms with Gasteiger partial charge in [0.1, 0.15) is 0 Å². The molecule has 0 saturated heterocycles. The minimum atomic E-state index is -0.186. The molecular weight excluding hydrogens is 302 g/mol. The molecule has 1 atom stereocenters. The summed E-state index contributed by atoms with van der Waals surface area (Å²) in [6.07, 6.45) is 3.47. The van der Waals surface area contributed by atoms with Crippen LogP contribution in [0.25, 0.3) is 10.9 Å². The fourth-order valence-corrected chi connectivity index (χ4v) is 2.94. The minimum absolute atomic E-state index is 0.155. The number of hydrogen-bond donors (Lipinski definition) is 3. The van der Waals surface area contributed by atoms with Crippen LogP contribution in [-0.4, -0.2) is 29.3 Å². The lowest BCUT2D eigenvalue weighted by atomic mass is 9.94. The van der Waals surface area contributed by atoms with Crippen LogP contribution in [0.1, 0.15) is 32.3 Å². The molecule has 2 aromatic rings. The van der Waals surface area contributed by atoms with Gasteiger partial charge in [0.2, 0.25) is 0 Å². The normalized spacial score (nSPS) is 12.3. The summed E-state index contributed by atoms with van der Waals surface area (Å²) in [6, 6.07) is 9.69. The van der Waals surface area contributed by atoms with Crippen LogP contribution in [0.15, 0.2) is 36.5 Å². The lowest BCUT2D eigenvalue weighted by Crippen LogP contribution is -2.38. The standard InChI is InChI=1S/C19H27N3O2/c1-14(2)11-15(8-10-23)12-21-19(24)22-13-17-6-3-5-16-7-4-9-20-18(16)17/h3-7,9,14-15,23H,8,10-13H2,1-2H3,(H2,21,22,24). The average molecular weight is 329 g/mol. The van der Waals surface area contributed by atoms with E-state index in [0.29, 0.717) is 31.3 Å². The van der Waals surface area contributed by atoms with Crippen molar-refractivity contribution in [3.8, 4) is 0 Å². The lowest BCUT2D eigenvalue weighted by Gasteiger charge is -2.19. The Bertz CT molecular complexity index is 653. The van der Waals surface area contributed by atoms with Crippen molar-refractivity contribution in [2.75, 3.05) is 13.2 Å². The maximum Gasteiger partial charge on any atom is 0.315 e.